The summed E-state index contributed by atoms with van der Waals surface area (Å²) in [6.45, 7) is 3.76. The number of hydrogen-bond acceptors (Lipinski definition) is 3. The number of hydrogen-bond donors (Lipinski definition) is 0. The van der Waals surface area contributed by atoms with Gasteiger partial charge in [0.25, 0.3) is 0 Å². The highest BCUT2D eigenvalue weighted by Crippen LogP contribution is 2.55. The Bertz CT molecular complexity index is 888. The largest absolute Gasteiger partial charge is 0.347 e. The highest BCUT2D eigenvalue weighted by molar-refractivity contribution is 5.63. The van der Waals surface area contributed by atoms with Crippen LogP contribution in [0.5, 0.6) is 0 Å². The Morgan fingerprint density at radius 1 is 1.10 bits per heavy atom. The minimum atomic E-state index is -0.433. The van der Waals surface area contributed by atoms with Gasteiger partial charge in [-0.3, -0.25) is 4.98 Å². The van der Waals surface area contributed by atoms with Crippen LogP contribution in [0.1, 0.15) is 38.3 Å². The minimum Gasteiger partial charge on any atom is -0.347 e. The zero-order valence-electron chi connectivity index (χ0n) is 16.9. The molecule has 0 N–H and O–H groups in total. The van der Waals surface area contributed by atoms with Crippen LogP contribution in [0.3, 0.4) is 0 Å². The Labute approximate surface area is 172 Å². The molecule has 4 heteroatoms. The van der Waals surface area contributed by atoms with Crippen molar-refractivity contribution in [3.63, 3.8) is 0 Å². The van der Waals surface area contributed by atoms with E-state index < -0.39 is 5.79 Å². The number of rotatable bonds is 3. The molecule has 5 rings (SSSR count). The third-order valence-electron chi connectivity index (χ3n) is 7.01. The van der Waals surface area contributed by atoms with E-state index in [4.69, 9.17) is 9.47 Å². The Morgan fingerprint density at radius 3 is 2.72 bits per heavy atom. The van der Waals surface area contributed by atoms with Gasteiger partial charge in [-0.05, 0) is 60.4 Å². The van der Waals surface area contributed by atoms with Gasteiger partial charge in [-0.15, -0.1) is 0 Å². The van der Waals surface area contributed by atoms with E-state index >= 15 is 0 Å². The zero-order valence-corrected chi connectivity index (χ0v) is 16.9. The van der Waals surface area contributed by atoms with Gasteiger partial charge in [0.05, 0.1) is 18.9 Å². The molecule has 4 atom stereocenters. The van der Waals surface area contributed by atoms with E-state index in [9.17, 15) is 4.39 Å². The van der Waals surface area contributed by atoms with Crippen LogP contribution in [0.25, 0.3) is 17.2 Å². The molecule has 3 aliphatic rings. The summed E-state index contributed by atoms with van der Waals surface area (Å²) >= 11 is 0. The quantitative estimate of drug-likeness (QED) is 0.669. The van der Waals surface area contributed by atoms with E-state index in [1.54, 1.807) is 6.07 Å². The van der Waals surface area contributed by atoms with Crippen LogP contribution >= 0.6 is 0 Å². The molecule has 29 heavy (non-hydrogen) atoms. The van der Waals surface area contributed by atoms with E-state index in [0.717, 1.165) is 29.2 Å². The summed E-state index contributed by atoms with van der Waals surface area (Å²) in [5.74, 6) is 1.74. The van der Waals surface area contributed by atoms with E-state index in [-0.39, 0.29) is 11.7 Å². The summed E-state index contributed by atoms with van der Waals surface area (Å²) < 4.78 is 25.9. The second-order valence-electron chi connectivity index (χ2n) is 8.92. The van der Waals surface area contributed by atoms with Crippen LogP contribution in [-0.2, 0) is 9.47 Å². The van der Waals surface area contributed by atoms with Crippen molar-refractivity contribution in [2.45, 2.75) is 38.4 Å². The Kier molecular flexibility index (Phi) is 5.00. The molecule has 2 aliphatic carbocycles. The van der Waals surface area contributed by atoms with E-state index in [1.807, 2.05) is 24.4 Å². The predicted molar refractivity (Wildman–Crippen MR) is 111 cm³/mol. The lowest BCUT2D eigenvalue weighted by molar-refractivity contribution is -0.175. The molecule has 2 heterocycles. The number of pyridine rings is 1. The fraction of sp³-hybridized carbons (Fsp3) is 0.480. The van der Waals surface area contributed by atoms with E-state index in [1.165, 1.54) is 31.4 Å². The summed E-state index contributed by atoms with van der Waals surface area (Å²) in [4.78, 5) is 4.59. The highest BCUT2D eigenvalue weighted by Gasteiger charge is 2.56. The van der Waals surface area contributed by atoms with Crippen molar-refractivity contribution < 1.29 is 13.9 Å². The van der Waals surface area contributed by atoms with Gasteiger partial charge in [-0.2, -0.15) is 0 Å². The van der Waals surface area contributed by atoms with Gasteiger partial charge in [0.15, 0.2) is 5.79 Å². The molecule has 1 aromatic heterocycles. The average Bonchev–Trinajstić information content (AvgIpc) is 3.31. The van der Waals surface area contributed by atoms with Crippen molar-refractivity contribution in [1.29, 1.82) is 0 Å². The number of benzene rings is 1. The Balaban J connectivity index is 1.37. The fourth-order valence-electron chi connectivity index (χ4n) is 5.67. The smallest absolute Gasteiger partial charge is 0.175 e. The normalized spacial score (nSPS) is 30.8. The van der Waals surface area contributed by atoms with Crippen molar-refractivity contribution in [1.82, 2.24) is 4.98 Å². The third kappa shape index (κ3) is 3.64. The minimum absolute atomic E-state index is 0.231. The van der Waals surface area contributed by atoms with Crippen LogP contribution < -0.4 is 0 Å². The van der Waals surface area contributed by atoms with Gasteiger partial charge in [-0.25, -0.2) is 4.39 Å². The van der Waals surface area contributed by atoms with Crippen molar-refractivity contribution >= 4 is 6.08 Å². The molecular weight excluding hydrogens is 365 g/mol. The van der Waals surface area contributed by atoms with Crippen LogP contribution in [0.15, 0.2) is 48.7 Å². The van der Waals surface area contributed by atoms with Gasteiger partial charge in [0.1, 0.15) is 5.82 Å². The number of ether oxygens (including phenoxy) is 2. The molecule has 1 aromatic carbocycles. The summed E-state index contributed by atoms with van der Waals surface area (Å²) in [6.07, 6.45) is 11.0. The van der Waals surface area contributed by atoms with Crippen molar-refractivity contribution in [2.24, 2.45) is 23.7 Å². The maximum absolute atomic E-state index is 13.5. The number of nitrogens with zero attached hydrogens (tertiary/aromatic N) is 1. The van der Waals surface area contributed by atoms with Gasteiger partial charge in [-0.1, -0.05) is 37.6 Å². The van der Waals surface area contributed by atoms with E-state index in [2.05, 4.69) is 24.1 Å². The molecule has 3 fully saturated rings. The highest BCUT2D eigenvalue weighted by atomic mass is 19.1. The zero-order chi connectivity index (χ0) is 19.8. The molecular formula is C25H28FNO2. The first-order valence-corrected chi connectivity index (χ1v) is 10.8. The maximum Gasteiger partial charge on any atom is 0.175 e. The SMILES string of the molecule is C[C@@H]1CC[C@@H]2[C@@H](C1)CC1(OCCO1)[C@H]2/C=C/c1ccc(-c2cccc(F)c2)cn1. The number of fused-ring (bicyclic) bond motifs is 1. The van der Waals surface area contributed by atoms with Crippen LogP contribution in [0, 0.1) is 29.5 Å². The van der Waals surface area contributed by atoms with E-state index in [0.29, 0.717) is 25.0 Å². The molecule has 2 saturated carbocycles. The van der Waals surface area contributed by atoms with Gasteiger partial charge >= 0.3 is 0 Å². The Hall–Kier alpha value is -2.04. The topological polar surface area (TPSA) is 31.4 Å². The molecule has 0 bridgehead atoms. The molecule has 1 saturated heterocycles. The number of aromatic nitrogens is 1. The van der Waals surface area contributed by atoms with Crippen LogP contribution in [0.4, 0.5) is 4.39 Å². The van der Waals surface area contributed by atoms with Crippen LogP contribution in [0.2, 0.25) is 0 Å². The monoisotopic (exact) mass is 393 g/mol. The molecule has 0 radical (unpaired) electrons. The van der Waals surface area contributed by atoms with Crippen LogP contribution in [-0.4, -0.2) is 24.0 Å². The second-order valence-corrected chi connectivity index (χ2v) is 8.92. The molecule has 3 nitrogen and oxygen atoms in total. The summed E-state index contributed by atoms with van der Waals surface area (Å²) in [5, 5.41) is 0. The third-order valence-corrected chi connectivity index (χ3v) is 7.01. The molecule has 0 amide bonds. The first kappa shape index (κ1) is 19.0. The standard InChI is InChI=1S/C25H28FNO2/c1-17-5-9-23-20(13-17)15-25(28-11-12-29-25)24(23)10-8-22-7-6-19(16-27-22)18-3-2-4-21(26)14-18/h2-4,6-8,10,14,16-17,20,23-24H,5,9,11-13,15H2,1H3/b10-8+/t17-,20+,23-,24+/m1/s1. The van der Waals surface area contributed by atoms with Gasteiger partial charge < -0.3 is 9.47 Å². The fourth-order valence-corrected chi connectivity index (χ4v) is 5.67. The number of halogens is 1. The van der Waals surface area contributed by atoms with Crippen molar-refractivity contribution in [3.8, 4) is 11.1 Å². The average molecular weight is 394 g/mol. The molecule has 1 aliphatic heterocycles. The van der Waals surface area contributed by atoms with Crippen molar-refractivity contribution in [3.05, 3.63) is 60.2 Å². The summed E-state index contributed by atoms with van der Waals surface area (Å²) in [6, 6.07) is 10.6. The molecule has 1 spiro atoms. The second kappa shape index (κ2) is 7.66. The summed E-state index contributed by atoms with van der Waals surface area (Å²) in [7, 11) is 0. The predicted octanol–water partition coefficient (Wildman–Crippen LogP) is 5.72. The van der Waals surface area contributed by atoms with Gasteiger partial charge in [0.2, 0.25) is 0 Å². The lowest BCUT2D eigenvalue weighted by atomic mass is 9.74. The summed E-state index contributed by atoms with van der Waals surface area (Å²) in [5.41, 5.74) is 2.67. The molecule has 2 aromatic rings. The lowest BCUT2D eigenvalue weighted by Gasteiger charge is -2.33. The maximum atomic E-state index is 13.5. The molecule has 152 valence electrons. The van der Waals surface area contributed by atoms with Crippen molar-refractivity contribution in [2.75, 3.05) is 13.2 Å². The molecule has 0 unspecified atom stereocenters. The Morgan fingerprint density at radius 2 is 1.97 bits per heavy atom. The first-order chi connectivity index (χ1) is 14.1. The van der Waals surface area contributed by atoms with Gasteiger partial charge in [0, 0.05) is 24.1 Å². The first-order valence-electron chi connectivity index (χ1n) is 10.8. The lowest BCUT2D eigenvalue weighted by Crippen LogP contribution is -2.35.